The van der Waals surface area contributed by atoms with Gasteiger partial charge in [0, 0.05) is 29.3 Å². The Kier molecular flexibility index (Phi) is 2.65. The van der Waals surface area contributed by atoms with Gasteiger partial charge in [-0.15, -0.1) is 0 Å². The number of halogens is 1. The van der Waals surface area contributed by atoms with Gasteiger partial charge in [-0.3, -0.25) is 10.1 Å². The molecular weight excluding hydrogens is 224 g/mol. The molecule has 0 fully saturated rings. The minimum Gasteiger partial charge on any atom is -0.306 e. The van der Waals surface area contributed by atoms with Crippen molar-refractivity contribution in [3.8, 4) is 0 Å². The molecule has 0 unspecified atom stereocenters. The van der Waals surface area contributed by atoms with Crippen LogP contribution in [0.5, 0.6) is 0 Å². The van der Waals surface area contributed by atoms with Gasteiger partial charge in [-0.2, -0.15) is 0 Å². The number of nitrogens with zero attached hydrogens (tertiary/aromatic N) is 2. The average molecular weight is 231 g/mol. The van der Waals surface area contributed by atoms with Crippen LogP contribution in [0.25, 0.3) is 0 Å². The molecule has 0 aliphatic carbocycles. The Morgan fingerprint density at radius 2 is 2.08 bits per heavy atom. The molecule has 4 nitrogen and oxygen atoms in total. The Hall–Kier alpha value is -1.10. The summed E-state index contributed by atoms with van der Waals surface area (Å²) in [6.45, 7) is 0. The quantitative estimate of drug-likeness (QED) is 0.445. The second kappa shape index (κ2) is 3.53. The van der Waals surface area contributed by atoms with E-state index in [1.807, 2.05) is 0 Å². The first kappa shape index (κ1) is 8.99. The van der Waals surface area contributed by atoms with E-state index in [0.29, 0.717) is 5.69 Å². The van der Waals surface area contributed by atoms with Crippen LogP contribution in [-0.4, -0.2) is 12.0 Å². The molecule has 1 rings (SSSR count). The van der Waals surface area contributed by atoms with E-state index in [0.717, 1.165) is 0 Å². The van der Waals surface area contributed by atoms with Crippen molar-refractivity contribution in [2.75, 3.05) is 11.0 Å². The summed E-state index contributed by atoms with van der Waals surface area (Å²) in [5.74, 6) is 0. The molecule has 0 amide bonds. The molecule has 0 heterocycles. The van der Waals surface area contributed by atoms with E-state index in [2.05, 4.69) is 16.1 Å². The van der Waals surface area contributed by atoms with Crippen molar-refractivity contribution in [1.29, 1.82) is 0 Å². The number of anilines is 1. The molecule has 0 aliphatic heterocycles. The van der Waals surface area contributed by atoms with Crippen molar-refractivity contribution in [3.05, 3.63) is 34.4 Å². The molecule has 0 N–H and O–H groups in total. The van der Waals surface area contributed by atoms with E-state index in [4.69, 9.17) is 0 Å². The highest BCUT2D eigenvalue weighted by Gasteiger charge is 2.13. The third-order valence-electron chi connectivity index (χ3n) is 1.41. The lowest BCUT2D eigenvalue weighted by atomic mass is 10.3. The minimum absolute atomic E-state index is 0.0943. The van der Waals surface area contributed by atoms with Crippen LogP contribution in [0, 0.1) is 10.1 Å². The predicted molar refractivity (Wildman–Crippen MR) is 50.4 cm³/mol. The lowest BCUT2D eigenvalue weighted by molar-refractivity contribution is -0.384. The monoisotopic (exact) mass is 230 g/mol. The number of hydrogen-bond acceptors (Lipinski definition) is 3. The molecule has 5 heteroatoms. The molecule has 0 bridgehead atoms. The SMILES string of the molecule is CN(Br)c1ccccc1[N+](=O)[O-]. The molecule has 0 aliphatic rings. The molecule has 0 spiro atoms. The normalized spacial score (nSPS) is 9.50. The Balaban J connectivity index is 3.17. The third kappa shape index (κ3) is 1.73. The van der Waals surface area contributed by atoms with E-state index in [-0.39, 0.29) is 5.69 Å². The van der Waals surface area contributed by atoms with Crippen LogP contribution in [0.4, 0.5) is 11.4 Å². The maximum atomic E-state index is 10.5. The highest BCUT2D eigenvalue weighted by atomic mass is 79.9. The van der Waals surface area contributed by atoms with E-state index >= 15 is 0 Å². The van der Waals surface area contributed by atoms with Crippen LogP contribution in [0.2, 0.25) is 0 Å². The number of nitro benzene ring substituents is 1. The van der Waals surface area contributed by atoms with Crippen molar-refractivity contribution >= 4 is 27.5 Å². The van der Waals surface area contributed by atoms with Crippen LogP contribution in [-0.2, 0) is 0 Å². The smallest absolute Gasteiger partial charge is 0.293 e. The molecule has 1 aromatic carbocycles. The summed E-state index contributed by atoms with van der Waals surface area (Å²) in [7, 11) is 1.70. The number of nitro groups is 1. The maximum absolute atomic E-state index is 10.5. The molecule has 0 aromatic heterocycles. The lowest BCUT2D eigenvalue weighted by Crippen LogP contribution is -2.03. The van der Waals surface area contributed by atoms with Gasteiger partial charge in [0.05, 0.1) is 4.92 Å². The standard InChI is InChI=1S/C7H7BrN2O2/c1-9(8)6-4-2-3-5-7(6)10(11)12/h2-5H,1H3. The van der Waals surface area contributed by atoms with Crippen LogP contribution in [0.15, 0.2) is 24.3 Å². The van der Waals surface area contributed by atoms with Gasteiger partial charge < -0.3 is 3.93 Å². The number of benzene rings is 1. The number of rotatable bonds is 2. The first-order valence-electron chi connectivity index (χ1n) is 3.26. The van der Waals surface area contributed by atoms with Crippen LogP contribution < -0.4 is 3.93 Å². The van der Waals surface area contributed by atoms with Crippen molar-refractivity contribution in [2.45, 2.75) is 0 Å². The van der Waals surface area contributed by atoms with Gasteiger partial charge in [-0.05, 0) is 6.07 Å². The summed E-state index contributed by atoms with van der Waals surface area (Å²) in [5, 5.41) is 10.5. The zero-order valence-electron chi connectivity index (χ0n) is 6.40. The fourth-order valence-corrected chi connectivity index (χ4v) is 1.18. The van der Waals surface area contributed by atoms with E-state index in [1.54, 1.807) is 25.2 Å². The fraction of sp³-hybridized carbons (Fsp3) is 0.143. The van der Waals surface area contributed by atoms with E-state index in [9.17, 15) is 10.1 Å². The maximum Gasteiger partial charge on any atom is 0.293 e. The van der Waals surface area contributed by atoms with Gasteiger partial charge in [-0.1, -0.05) is 12.1 Å². The highest BCUT2D eigenvalue weighted by molar-refractivity contribution is 9.10. The summed E-state index contributed by atoms with van der Waals surface area (Å²) in [4.78, 5) is 10.1. The molecule has 0 saturated heterocycles. The Morgan fingerprint density at radius 1 is 1.50 bits per heavy atom. The van der Waals surface area contributed by atoms with Crippen LogP contribution >= 0.6 is 16.1 Å². The summed E-state index contributed by atoms with van der Waals surface area (Å²) >= 11 is 3.13. The summed E-state index contributed by atoms with van der Waals surface area (Å²) in [6.07, 6.45) is 0. The third-order valence-corrected chi connectivity index (χ3v) is 1.79. The fourth-order valence-electron chi connectivity index (χ4n) is 0.879. The van der Waals surface area contributed by atoms with Crippen molar-refractivity contribution in [3.63, 3.8) is 0 Å². The highest BCUT2D eigenvalue weighted by Crippen LogP contribution is 2.27. The van der Waals surface area contributed by atoms with Gasteiger partial charge >= 0.3 is 0 Å². The topological polar surface area (TPSA) is 46.4 Å². The largest absolute Gasteiger partial charge is 0.306 e. The van der Waals surface area contributed by atoms with Crippen LogP contribution in [0.1, 0.15) is 0 Å². The second-order valence-corrected chi connectivity index (χ2v) is 3.29. The van der Waals surface area contributed by atoms with Gasteiger partial charge in [-0.25, -0.2) is 0 Å². The zero-order valence-corrected chi connectivity index (χ0v) is 7.98. The summed E-state index contributed by atoms with van der Waals surface area (Å²) in [5.41, 5.74) is 0.638. The molecule has 1 aromatic rings. The van der Waals surface area contributed by atoms with Crippen LogP contribution in [0.3, 0.4) is 0 Å². The van der Waals surface area contributed by atoms with Crippen molar-refractivity contribution in [1.82, 2.24) is 0 Å². The van der Waals surface area contributed by atoms with Crippen molar-refractivity contribution < 1.29 is 4.92 Å². The molecule has 12 heavy (non-hydrogen) atoms. The number of para-hydroxylation sites is 2. The predicted octanol–water partition coefficient (Wildman–Crippen LogP) is 2.34. The van der Waals surface area contributed by atoms with E-state index < -0.39 is 4.92 Å². The Bertz CT molecular complexity index is 301. The van der Waals surface area contributed by atoms with E-state index in [1.165, 1.54) is 9.99 Å². The Morgan fingerprint density at radius 3 is 2.50 bits per heavy atom. The van der Waals surface area contributed by atoms with Crippen molar-refractivity contribution in [2.24, 2.45) is 0 Å². The Labute approximate surface area is 78.3 Å². The number of hydrogen-bond donors (Lipinski definition) is 0. The van der Waals surface area contributed by atoms with Gasteiger partial charge in [0.1, 0.15) is 5.69 Å². The van der Waals surface area contributed by atoms with Gasteiger partial charge in [0.2, 0.25) is 0 Å². The molecule has 0 atom stereocenters. The summed E-state index contributed by atoms with van der Waals surface area (Å²) in [6, 6.07) is 6.53. The molecule has 0 saturated carbocycles. The average Bonchev–Trinajstić information content (AvgIpc) is 2.04. The first-order chi connectivity index (χ1) is 5.63. The van der Waals surface area contributed by atoms with Gasteiger partial charge in [0.25, 0.3) is 5.69 Å². The minimum atomic E-state index is -0.410. The first-order valence-corrected chi connectivity index (χ1v) is 3.97. The zero-order chi connectivity index (χ0) is 9.14. The second-order valence-electron chi connectivity index (χ2n) is 2.22. The summed E-state index contributed by atoms with van der Waals surface area (Å²) < 4.78 is 1.53. The molecule has 64 valence electrons. The van der Waals surface area contributed by atoms with Gasteiger partial charge in [0.15, 0.2) is 0 Å². The lowest BCUT2D eigenvalue weighted by Gasteiger charge is -2.08. The molecule has 0 radical (unpaired) electrons. The molecular formula is C7H7BrN2O2.